The number of halogens is 1. The van der Waals surface area contributed by atoms with Gasteiger partial charge < -0.3 is 4.74 Å². The first-order valence-electron chi connectivity index (χ1n) is 7.81. The summed E-state index contributed by atoms with van der Waals surface area (Å²) in [6, 6.07) is 10.8. The fraction of sp³-hybridized carbons (Fsp3) is 0.167. The minimum Gasteiger partial charge on any atom is -0.462 e. The molecule has 0 amide bonds. The van der Waals surface area contributed by atoms with Crippen LogP contribution in [0.15, 0.2) is 47.4 Å². The van der Waals surface area contributed by atoms with Gasteiger partial charge in [0, 0.05) is 10.1 Å². The van der Waals surface area contributed by atoms with Crippen LogP contribution in [0.3, 0.4) is 0 Å². The van der Waals surface area contributed by atoms with Crippen molar-refractivity contribution in [2.45, 2.75) is 18.7 Å². The molecule has 8 heteroatoms. The lowest BCUT2D eigenvalue weighted by atomic mass is 10.2. The Balaban J connectivity index is 2.13. The van der Waals surface area contributed by atoms with E-state index >= 15 is 0 Å². The molecule has 0 unspecified atom stereocenters. The van der Waals surface area contributed by atoms with Crippen LogP contribution in [-0.2, 0) is 14.8 Å². The van der Waals surface area contributed by atoms with E-state index in [0.29, 0.717) is 15.6 Å². The van der Waals surface area contributed by atoms with Crippen LogP contribution in [0.2, 0.25) is 0 Å². The van der Waals surface area contributed by atoms with E-state index in [0.717, 1.165) is 17.4 Å². The van der Waals surface area contributed by atoms with Gasteiger partial charge in [-0.1, -0.05) is 24.3 Å². The van der Waals surface area contributed by atoms with Crippen molar-refractivity contribution in [1.29, 1.82) is 0 Å². The fourth-order valence-electron chi connectivity index (χ4n) is 2.48. The molecule has 0 fully saturated rings. The van der Waals surface area contributed by atoms with Gasteiger partial charge in [-0.25, -0.2) is 17.6 Å². The van der Waals surface area contributed by atoms with Gasteiger partial charge in [-0.2, -0.15) is 0 Å². The third kappa shape index (κ3) is 3.42. The molecule has 1 aromatic heterocycles. The number of rotatable bonds is 5. The third-order valence-corrected chi connectivity index (χ3v) is 6.45. The van der Waals surface area contributed by atoms with Gasteiger partial charge in [0.1, 0.15) is 15.6 Å². The predicted molar refractivity (Wildman–Crippen MR) is 99.7 cm³/mol. The maximum atomic E-state index is 13.8. The lowest BCUT2D eigenvalue weighted by Gasteiger charge is -2.10. The number of carbonyl (C=O) groups excluding carboxylic acids is 1. The molecule has 0 atom stereocenters. The van der Waals surface area contributed by atoms with Gasteiger partial charge in [-0.05, 0) is 37.6 Å². The van der Waals surface area contributed by atoms with Crippen LogP contribution >= 0.6 is 11.3 Å². The number of fused-ring (bicyclic) bond motifs is 1. The Labute approximate surface area is 154 Å². The molecule has 136 valence electrons. The van der Waals surface area contributed by atoms with E-state index in [1.54, 1.807) is 38.1 Å². The highest BCUT2D eigenvalue weighted by molar-refractivity contribution is 7.93. The van der Waals surface area contributed by atoms with Gasteiger partial charge in [0.2, 0.25) is 0 Å². The molecule has 5 nitrogen and oxygen atoms in total. The quantitative estimate of drug-likeness (QED) is 0.655. The summed E-state index contributed by atoms with van der Waals surface area (Å²) < 4.78 is 47.7. The molecule has 0 spiro atoms. The Morgan fingerprint density at radius 3 is 2.65 bits per heavy atom. The van der Waals surface area contributed by atoms with E-state index in [9.17, 15) is 17.6 Å². The molecule has 0 bridgehead atoms. The van der Waals surface area contributed by atoms with Crippen molar-refractivity contribution >= 4 is 43.1 Å². The van der Waals surface area contributed by atoms with Gasteiger partial charge in [0.25, 0.3) is 10.0 Å². The first-order chi connectivity index (χ1) is 12.3. The lowest BCUT2D eigenvalue weighted by Crippen LogP contribution is -2.16. The van der Waals surface area contributed by atoms with Crippen LogP contribution in [0.1, 0.15) is 22.2 Å². The van der Waals surface area contributed by atoms with E-state index < -0.39 is 21.8 Å². The van der Waals surface area contributed by atoms with Crippen molar-refractivity contribution < 1.29 is 22.3 Å². The zero-order chi connectivity index (χ0) is 18.9. The van der Waals surface area contributed by atoms with E-state index in [-0.39, 0.29) is 22.1 Å². The van der Waals surface area contributed by atoms with Crippen LogP contribution in [0.25, 0.3) is 10.1 Å². The molecule has 1 N–H and O–H groups in total. The average Bonchev–Trinajstić information content (AvgIpc) is 2.99. The standard InChI is InChI=1S/C18H16FNO4S2/c1-3-24-18(21)16-17(13-6-4-5-7-15(13)25-16)26(22,23)20-12-9-8-11(2)14(19)10-12/h4-10,20H,3H2,1-2H3. The Morgan fingerprint density at radius 2 is 1.96 bits per heavy atom. The predicted octanol–water partition coefficient (Wildman–Crippen LogP) is 4.33. The number of aryl methyl sites for hydroxylation is 1. The topological polar surface area (TPSA) is 72.5 Å². The molecule has 3 rings (SSSR count). The number of carbonyl (C=O) groups is 1. The third-order valence-electron chi connectivity index (χ3n) is 3.70. The summed E-state index contributed by atoms with van der Waals surface area (Å²) in [6.45, 7) is 3.36. The van der Waals surface area contributed by atoms with Gasteiger partial charge in [-0.3, -0.25) is 4.72 Å². The first-order valence-corrected chi connectivity index (χ1v) is 10.1. The summed E-state index contributed by atoms with van der Waals surface area (Å²) in [5.74, 6) is -1.23. The number of sulfonamides is 1. The molecule has 0 aliphatic rings. The molecule has 3 aromatic rings. The number of anilines is 1. The molecule has 0 saturated carbocycles. The summed E-state index contributed by atoms with van der Waals surface area (Å²) in [5, 5.41) is 0.417. The van der Waals surface area contributed by atoms with Gasteiger partial charge in [-0.15, -0.1) is 11.3 Å². The lowest BCUT2D eigenvalue weighted by molar-refractivity contribution is 0.0528. The second-order valence-corrected chi connectivity index (χ2v) is 8.22. The molecule has 0 radical (unpaired) electrons. The average molecular weight is 393 g/mol. The summed E-state index contributed by atoms with van der Waals surface area (Å²) >= 11 is 1.05. The molecular weight excluding hydrogens is 377 g/mol. The van der Waals surface area contributed by atoms with E-state index in [1.165, 1.54) is 12.1 Å². The second kappa shape index (κ2) is 7.05. The van der Waals surface area contributed by atoms with Crippen molar-refractivity contribution in [2.75, 3.05) is 11.3 Å². The van der Waals surface area contributed by atoms with Crippen molar-refractivity contribution in [1.82, 2.24) is 0 Å². The Kier molecular flexibility index (Phi) is 4.97. The summed E-state index contributed by atoms with van der Waals surface area (Å²) in [4.78, 5) is 12.1. The SMILES string of the molecule is CCOC(=O)c1sc2ccccc2c1S(=O)(=O)Nc1ccc(C)c(F)c1. The summed E-state index contributed by atoms with van der Waals surface area (Å²) in [7, 11) is -4.13. The smallest absolute Gasteiger partial charge is 0.349 e. The van der Waals surface area contributed by atoms with Crippen molar-refractivity contribution in [2.24, 2.45) is 0 Å². The summed E-state index contributed by atoms with van der Waals surface area (Å²) in [6.07, 6.45) is 0. The Bertz CT molecular complexity index is 1090. The van der Waals surface area contributed by atoms with E-state index in [2.05, 4.69) is 4.72 Å². The van der Waals surface area contributed by atoms with Gasteiger partial charge in [0.05, 0.1) is 12.3 Å². The van der Waals surface area contributed by atoms with Crippen molar-refractivity contribution in [3.63, 3.8) is 0 Å². The number of hydrogen-bond acceptors (Lipinski definition) is 5. The highest BCUT2D eigenvalue weighted by Crippen LogP contribution is 2.36. The molecular formula is C18H16FNO4S2. The van der Waals surface area contributed by atoms with Crippen LogP contribution in [0.5, 0.6) is 0 Å². The minimum atomic E-state index is -4.13. The Morgan fingerprint density at radius 1 is 1.23 bits per heavy atom. The Hall–Kier alpha value is -2.45. The van der Waals surface area contributed by atoms with Gasteiger partial charge >= 0.3 is 5.97 Å². The zero-order valence-electron chi connectivity index (χ0n) is 14.1. The van der Waals surface area contributed by atoms with Crippen molar-refractivity contribution in [3.05, 3.63) is 58.7 Å². The largest absolute Gasteiger partial charge is 0.462 e. The molecule has 2 aromatic carbocycles. The monoisotopic (exact) mass is 393 g/mol. The van der Waals surface area contributed by atoms with Crippen LogP contribution in [-0.4, -0.2) is 21.0 Å². The number of ether oxygens (including phenoxy) is 1. The minimum absolute atomic E-state index is 0.00636. The maximum absolute atomic E-state index is 13.8. The normalized spacial score (nSPS) is 11.5. The number of esters is 1. The summed E-state index contributed by atoms with van der Waals surface area (Å²) in [5.41, 5.74) is 0.485. The highest BCUT2D eigenvalue weighted by atomic mass is 32.2. The van der Waals surface area contributed by atoms with Crippen molar-refractivity contribution in [3.8, 4) is 0 Å². The number of thiophene rings is 1. The molecule has 0 saturated heterocycles. The maximum Gasteiger partial charge on any atom is 0.349 e. The first kappa shape index (κ1) is 18.3. The highest BCUT2D eigenvalue weighted by Gasteiger charge is 2.29. The van der Waals surface area contributed by atoms with E-state index in [1.807, 2.05) is 0 Å². The zero-order valence-corrected chi connectivity index (χ0v) is 15.7. The fourth-order valence-corrected chi connectivity index (χ4v) is 5.33. The molecule has 0 aliphatic heterocycles. The second-order valence-electron chi connectivity index (χ2n) is 5.55. The van der Waals surface area contributed by atoms with E-state index in [4.69, 9.17) is 4.74 Å². The molecule has 0 aliphatic carbocycles. The van der Waals surface area contributed by atoms with Crippen LogP contribution in [0, 0.1) is 12.7 Å². The van der Waals surface area contributed by atoms with Crippen LogP contribution in [0.4, 0.5) is 10.1 Å². The number of nitrogens with one attached hydrogen (secondary N) is 1. The number of hydrogen-bond donors (Lipinski definition) is 1. The number of benzene rings is 2. The van der Waals surface area contributed by atoms with Crippen LogP contribution < -0.4 is 4.72 Å². The molecule has 1 heterocycles. The van der Waals surface area contributed by atoms with Gasteiger partial charge in [0.15, 0.2) is 0 Å². The molecule has 26 heavy (non-hydrogen) atoms.